The first kappa shape index (κ1) is 23.7. The third-order valence-electron chi connectivity index (χ3n) is 4.58. The summed E-state index contributed by atoms with van der Waals surface area (Å²) in [7, 11) is 1.61. The number of aliphatic hydroxyl groups is 1. The predicted molar refractivity (Wildman–Crippen MR) is 129 cm³/mol. The van der Waals surface area contributed by atoms with Gasteiger partial charge in [0.1, 0.15) is 17.3 Å². The van der Waals surface area contributed by atoms with E-state index < -0.39 is 5.82 Å². The summed E-state index contributed by atoms with van der Waals surface area (Å²) in [5, 5.41) is 15.0. The maximum absolute atomic E-state index is 14.1. The zero-order chi connectivity index (χ0) is 23.5. The van der Waals surface area contributed by atoms with Crippen LogP contribution in [0.4, 0.5) is 27.4 Å². The molecule has 0 radical (unpaired) electrons. The Balaban J connectivity index is 1.81. The van der Waals surface area contributed by atoms with Gasteiger partial charge in [0.2, 0.25) is 5.95 Å². The van der Waals surface area contributed by atoms with E-state index in [1.165, 1.54) is 6.07 Å². The quantitative estimate of drug-likeness (QED) is 0.195. The second kappa shape index (κ2) is 12.2. The Morgan fingerprint density at radius 1 is 1.15 bits per heavy atom. The maximum atomic E-state index is 14.1. The fraction of sp³-hybridized carbons (Fsp3) is 0.240. The molecular weight excluding hydrogens is 421 g/mol. The minimum absolute atomic E-state index is 0.129. The Bertz CT molecular complexity index is 1150. The van der Waals surface area contributed by atoms with Crippen molar-refractivity contribution in [1.82, 2.24) is 9.97 Å². The lowest BCUT2D eigenvalue weighted by atomic mass is 10.2. The van der Waals surface area contributed by atoms with Crippen LogP contribution in [0.25, 0.3) is 0 Å². The molecule has 0 aliphatic rings. The van der Waals surface area contributed by atoms with Gasteiger partial charge in [0.25, 0.3) is 0 Å². The van der Waals surface area contributed by atoms with Gasteiger partial charge in [-0.2, -0.15) is 0 Å². The number of benzene rings is 2. The third kappa shape index (κ3) is 7.30. The molecule has 3 aromatic rings. The van der Waals surface area contributed by atoms with E-state index in [4.69, 9.17) is 9.84 Å². The topological polar surface area (TPSA) is 91.7 Å². The minimum atomic E-state index is -0.403. The van der Waals surface area contributed by atoms with E-state index in [1.54, 1.807) is 31.5 Å². The van der Waals surface area contributed by atoms with E-state index in [-0.39, 0.29) is 18.1 Å². The largest absolute Gasteiger partial charge is 0.497 e. The molecule has 0 atom stereocenters. The number of aliphatic imine (C=N–C) groups is 1. The van der Waals surface area contributed by atoms with Crippen LogP contribution in [0.5, 0.6) is 5.75 Å². The molecule has 0 amide bonds. The molecule has 2 aromatic carbocycles. The van der Waals surface area contributed by atoms with Gasteiger partial charge in [0.05, 0.1) is 24.7 Å². The number of hydrogen-bond donors (Lipinski definition) is 3. The molecule has 0 saturated heterocycles. The summed E-state index contributed by atoms with van der Waals surface area (Å²) >= 11 is 0. The van der Waals surface area contributed by atoms with E-state index >= 15 is 0 Å². The fourth-order valence-corrected chi connectivity index (χ4v) is 2.80. The fourth-order valence-electron chi connectivity index (χ4n) is 2.80. The smallest absolute Gasteiger partial charge is 0.227 e. The van der Waals surface area contributed by atoms with Crippen LogP contribution in [-0.2, 0) is 0 Å². The normalized spacial score (nSPS) is 10.8. The highest BCUT2D eigenvalue weighted by molar-refractivity contribution is 6.09. The number of nitrogens with zero attached hydrogens (tertiary/aromatic N) is 3. The summed E-state index contributed by atoms with van der Waals surface area (Å²) in [5.41, 5.74) is 2.24. The van der Waals surface area contributed by atoms with Gasteiger partial charge in [-0.25, -0.2) is 19.4 Å². The molecular formula is C25H26FN5O2. The molecule has 0 spiro atoms. The summed E-state index contributed by atoms with van der Waals surface area (Å²) in [5.74, 6) is 7.03. The Morgan fingerprint density at radius 3 is 2.64 bits per heavy atom. The lowest BCUT2D eigenvalue weighted by Crippen LogP contribution is -2.11. The van der Waals surface area contributed by atoms with E-state index in [0.717, 1.165) is 17.9 Å². The molecule has 0 fully saturated rings. The number of rotatable bonds is 8. The average molecular weight is 448 g/mol. The number of methoxy groups -OCH3 is 1. The van der Waals surface area contributed by atoms with Crippen molar-refractivity contribution in [3.8, 4) is 17.6 Å². The van der Waals surface area contributed by atoms with Crippen molar-refractivity contribution < 1.29 is 14.2 Å². The van der Waals surface area contributed by atoms with Gasteiger partial charge >= 0.3 is 0 Å². The third-order valence-corrected chi connectivity index (χ3v) is 4.58. The number of anilines is 3. The predicted octanol–water partition coefficient (Wildman–Crippen LogP) is 4.98. The number of nitrogens with one attached hydrogen (secondary N) is 2. The number of ether oxygens (including phenoxy) is 1. The number of halogens is 1. The Labute approximate surface area is 192 Å². The average Bonchev–Trinajstić information content (AvgIpc) is 2.82. The number of aliphatic hydroxyl groups excluding tert-OH is 1. The maximum Gasteiger partial charge on any atom is 0.227 e. The monoisotopic (exact) mass is 447 g/mol. The van der Waals surface area contributed by atoms with Crippen LogP contribution < -0.4 is 15.4 Å². The Hall–Kier alpha value is -3.96. The Kier molecular flexibility index (Phi) is 8.74. The van der Waals surface area contributed by atoms with Gasteiger partial charge in [0.15, 0.2) is 5.84 Å². The molecule has 3 rings (SSSR count). The number of amidine groups is 1. The molecule has 0 unspecified atom stereocenters. The summed E-state index contributed by atoms with van der Waals surface area (Å²) in [6, 6.07) is 13.7. The first-order valence-electron chi connectivity index (χ1n) is 10.5. The van der Waals surface area contributed by atoms with E-state index in [9.17, 15) is 4.39 Å². The SMILES string of the molecule is COc1ccc(Nc2ncc(/N=C(\C#CCCCCO)Nc3ccccc3F)c(C)n2)cc1. The molecule has 1 aromatic heterocycles. The summed E-state index contributed by atoms with van der Waals surface area (Å²) < 4.78 is 19.3. The number of aromatic nitrogens is 2. The van der Waals surface area contributed by atoms with Gasteiger partial charge in [-0.1, -0.05) is 18.1 Å². The second-order valence-corrected chi connectivity index (χ2v) is 7.07. The number of aryl methyl sites for hydroxylation is 1. The summed E-state index contributed by atoms with van der Waals surface area (Å²) in [6.45, 7) is 1.94. The molecule has 1 heterocycles. The lowest BCUT2D eigenvalue weighted by molar-refractivity contribution is 0.285. The summed E-state index contributed by atoms with van der Waals surface area (Å²) in [4.78, 5) is 13.3. The first-order valence-corrected chi connectivity index (χ1v) is 10.5. The van der Waals surface area contributed by atoms with E-state index in [2.05, 4.69) is 37.4 Å². The van der Waals surface area contributed by atoms with Crippen molar-refractivity contribution in [3.05, 3.63) is 66.2 Å². The first-order chi connectivity index (χ1) is 16.1. The second-order valence-electron chi connectivity index (χ2n) is 7.07. The van der Waals surface area contributed by atoms with Crippen LogP contribution in [0.15, 0.2) is 59.7 Å². The van der Waals surface area contributed by atoms with Crippen molar-refractivity contribution in [2.24, 2.45) is 4.99 Å². The zero-order valence-electron chi connectivity index (χ0n) is 18.6. The highest BCUT2D eigenvalue weighted by Crippen LogP contribution is 2.21. The van der Waals surface area contributed by atoms with Crippen molar-refractivity contribution in [2.45, 2.75) is 26.2 Å². The van der Waals surface area contributed by atoms with Gasteiger partial charge in [-0.05, 0) is 62.1 Å². The van der Waals surface area contributed by atoms with Crippen LogP contribution in [0.1, 0.15) is 25.0 Å². The summed E-state index contributed by atoms with van der Waals surface area (Å²) in [6.07, 6.45) is 3.63. The number of unbranched alkanes of at least 4 members (excludes halogenated alkanes) is 2. The molecule has 8 heteroatoms. The number of para-hydroxylation sites is 1. The van der Waals surface area contributed by atoms with Crippen LogP contribution in [0, 0.1) is 24.6 Å². The van der Waals surface area contributed by atoms with Crippen molar-refractivity contribution in [3.63, 3.8) is 0 Å². The molecule has 0 aliphatic heterocycles. The van der Waals surface area contributed by atoms with Gasteiger partial charge in [0, 0.05) is 18.7 Å². The standard InChI is InChI=1S/C25H26FN5O2/c1-18-23(17-27-25(28-18)29-19-12-14-20(33-2)15-13-19)31-24(11-5-3-4-8-16-32)30-22-10-7-6-9-21(22)26/h6-7,9-10,12-15,17,32H,3-4,8,16H2,1-2H3,(H,30,31)(H,27,28,29). The Morgan fingerprint density at radius 2 is 1.94 bits per heavy atom. The molecule has 0 saturated carbocycles. The van der Waals surface area contributed by atoms with Crippen molar-refractivity contribution >= 4 is 28.8 Å². The van der Waals surface area contributed by atoms with Gasteiger partial charge < -0.3 is 20.5 Å². The molecule has 33 heavy (non-hydrogen) atoms. The van der Waals surface area contributed by atoms with Gasteiger partial charge in [-0.15, -0.1) is 0 Å². The van der Waals surface area contributed by atoms with E-state index in [0.29, 0.717) is 30.2 Å². The van der Waals surface area contributed by atoms with E-state index in [1.807, 2.05) is 31.2 Å². The molecule has 0 bridgehead atoms. The van der Waals surface area contributed by atoms with Crippen LogP contribution in [0.2, 0.25) is 0 Å². The highest BCUT2D eigenvalue weighted by Gasteiger charge is 2.07. The number of hydrogen-bond acceptors (Lipinski definition) is 6. The van der Waals surface area contributed by atoms with Crippen molar-refractivity contribution in [1.29, 1.82) is 0 Å². The zero-order valence-corrected chi connectivity index (χ0v) is 18.6. The molecule has 7 nitrogen and oxygen atoms in total. The lowest BCUT2D eigenvalue weighted by Gasteiger charge is -2.09. The van der Waals surface area contributed by atoms with Crippen molar-refractivity contribution in [2.75, 3.05) is 24.4 Å². The highest BCUT2D eigenvalue weighted by atomic mass is 19.1. The van der Waals surface area contributed by atoms with Gasteiger partial charge in [-0.3, -0.25) is 0 Å². The van der Waals surface area contributed by atoms with Crippen LogP contribution in [-0.4, -0.2) is 34.6 Å². The van der Waals surface area contributed by atoms with Crippen LogP contribution in [0.3, 0.4) is 0 Å². The van der Waals surface area contributed by atoms with Crippen LogP contribution >= 0.6 is 0 Å². The molecule has 0 aliphatic carbocycles. The molecule has 3 N–H and O–H groups in total. The molecule has 170 valence electrons. The minimum Gasteiger partial charge on any atom is -0.497 e.